The third kappa shape index (κ3) is 2.74. The molecule has 2 aliphatic heterocycles. The summed E-state index contributed by atoms with van der Waals surface area (Å²) in [4.78, 5) is 1.74. The molecule has 0 aromatic rings. The minimum atomic E-state index is 0.0744. The molecular weight excluding hydrogens is 274 g/mol. The molecule has 4 atom stereocenters. The van der Waals surface area contributed by atoms with Crippen molar-refractivity contribution < 1.29 is 14.4 Å². The van der Waals surface area contributed by atoms with E-state index in [1.807, 2.05) is 0 Å². The normalized spacial score (nSPS) is 44.7. The highest BCUT2D eigenvalue weighted by Crippen LogP contribution is 2.66. The Hall–Kier alpha value is -0.120. The summed E-state index contributed by atoms with van der Waals surface area (Å²) < 4.78 is 12.4. The lowest BCUT2D eigenvalue weighted by atomic mass is 9.63. The first-order valence-corrected chi connectivity index (χ1v) is 9.67. The van der Waals surface area contributed by atoms with E-state index in [4.69, 9.17) is 9.47 Å². The number of hydrogen-bond acceptors (Lipinski definition) is 2. The molecule has 4 fully saturated rings. The number of nitrogens with one attached hydrogen (secondary N) is 1. The third-order valence-corrected chi connectivity index (χ3v) is 7.39. The van der Waals surface area contributed by atoms with E-state index < -0.39 is 0 Å². The molecule has 3 heteroatoms. The van der Waals surface area contributed by atoms with Crippen LogP contribution < -0.4 is 4.90 Å². The van der Waals surface area contributed by atoms with E-state index in [0.29, 0.717) is 16.9 Å². The molecular formula is C19H34NO2+. The number of ether oxygens (including phenoxy) is 2. The molecule has 2 saturated carbocycles. The van der Waals surface area contributed by atoms with Gasteiger partial charge in [-0.05, 0) is 61.7 Å². The van der Waals surface area contributed by atoms with Gasteiger partial charge in [0.05, 0.1) is 19.7 Å². The topological polar surface area (TPSA) is 22.9 Å². The van der Waals surface area contributed by atoms with Crippen molar-refractivity contribution >= 4 is 0 Å². The van der Waals surface area contributed by atoms with Gasteiger partial charge in [0.1, 0.15) is 12.6 Å². The van der Waals surface area contributed by atoms with E-state index in [0.717, 1.165) is 25.5 Å². The number of piperidine rings is 1. The standard InChI is InChI=1S/C19H33NO2/c1-18(2)10-15-6-7-19(18,11-15)12-17-21-14-16(22-17)13-20-8-4-3-5-9-20/h15-17H,3-14H2,1-2H3/p+1/t15-,16-,17+,19+/m0/s1. The van der Waals surface area contributed by atoms with Crippen LogP contribution in [0.15, 0.2) is 0 Å². The second kappa shape index (κ2) is 5.75. The molecule has 2 saturated heterocycles. The van der Waals surface area contributed by atoms with E-state index in [1.165, 1.54) is 58.0 Å². The fraction of sp³-hybridized carbons (Fsp3) is 1.00. The molecule has 0 radical (unpaired) electrons. The van der Waals surface area contributed by atoms with E-state index in [-0.39, 0.29) is 6.29 Å². The van der Waals surface area contributed by atoms with Crippen LogP contribution in [-0.2, 0) is 9.47 Å². The molecule has 2 bridgehead atoms. The van der Waals surface area contributed by atoms with Crippen molar-refractivity contribution in [3.05, 3.63) is 0 Å². The fourth-order valence-electron chi connectivity index (χ4n) is 6.04. The van der Waals surface area contributed by atoms with Crippen LogP contribution in [0.4, 0.5) is 0 Å². The van der Waals surface area contributed by atoms with Crippen molar-refractivity contribution in [1.29, 1.82) is 0 Å². The lowest BCUT2D eigenvalue weighted by molar-refractivity contribution is -0.907. The molecule has 2 heterocycles. The van der Waals surface area contributed by atoms with Gasteiger partial charge in [-0.15, -0.1) is 0 Å². The number of quaternary nitrogens is 1. The van der Waals surface area contributed by atoms with Crippen LogP contribution in [0.25, 0.3) is 0 Å². The quantitative estimate of drug-likeness (QED) is 0.862. The Balaban J connectivity index is 1.31. The zero-order chi connectivity index (χ0) is 15.2. The summed E-state index contributed by atoms with van der Waals surface area (Å²) in [5, 5.41) is 0. The van der Waals surface area contributed by atoms with Crippen molar-refractivity contribution in [2.45, 2.75) is 77.6 Å². The van der Waals surface area contributed by atoms with E-state index in [9.17, 15) is 0 Å². The highest BCUT2D eigenvalue weighted by Gasteiger charge is 2.57. The Morgan fingerprint density at radius 1 is 1.09 bits per heavy atom. The number of rotatable bonds is 4. The van der Waals surface area contributed by atoms with Crippen molar-refractivity contribution in [2.24, 2.45) is 16.7 Å². The fourth-order valence-corrected chi connectivity index (χ4v) is 6.04. The smallest absolute Gasteiger partial charge is 0.159 e. The molecule has 2 aliphatic carbocycles. The predicted molar refractivity (Wildman–Crippen MR) is 86.8 cm³/mol. The molecule has 22 heavy (non-hydrogen) atoms. The molecule has 4 aliphatic rings. The van der Waals surface area contributed by atoms with Crippen LogP contribution in [-0.4, -0.2) is 38.6 Å². The van der Waals surface area contributed by atoms with Crippen molar-refractivity contribution in [2.75, 3.05) is 26.2 Å². The average Bonchev–Trinajstić information content (AvgIpc) is 3.14. The minimum Gasteiger partial charge on any atom is -0.350 e. The molecule has 0 spiro atoms. The molecule has 0 aromatic heterocycles. The lowest BCUT2D eigenvalue weighted by Gasteiger charge is -2.43. The van der Waals surface area contributed by atoms with Crippen LogP contribution in [0.1, 0.15) is 65.2 Å². The zero-order valence-electron chi connectivity index (χ0n) is 14.5. The summed E-state index contributed by atoms with van der Waals surface area (Å²) in [6.07, 6.45) is 11.5. The predicted octanol–water partition coefficient (Wildman–Crippen LogP) is 2.40. The molecule has 1 N–H and O–H groups in total. The second-order valence-corrected chi connectivity index (χ2v) is 9.22. The summed E-state index contributed by atoms with van der Waals surface area (Å²) in [6.45, 7) is 9.63. The van der Waals surface area contributed by atoms with Gasteiger partial charge >= 0.3 is 0 Å². The second-order valence-electron chi connectivity index (χ2n) is 9.22. The Morgan fingerprint density at radius 2 is 1.91 bits per heavy atom. The molecule has 4 rings (SSSR count). The molecule has 0 amide bonds. The zero-order valence-corrected chi connectivity index (χ0v) is 14.5. The summed E-state index contributed by atoms with van der Waals surface area (Å²) >= 11 is 0. The lowest BCUT2D eigenvalue weighted by Crippen LogP contribution is -3.13. The van der Waals surface area contributed by atoms with Gasteiger partial charge in [-0.25, -0.2) is 0 Å². The summed E-state index contributed by atoms with van der Waals surface area (Å²) in [7, 11) is 0. The highest BCUT2D eigenvalue weighted by atomic mass is 16.7. The summed E-state index contributed by atoms with van der Waals surface area (Å²) in [6, 6.07) is 0. The monoisotopic (exact) mass is 308 g/mol. The Labute approximate surface area is 135 Å². The molecule has 3 nitrogen and oxygen atoms in total. The van der Waals surface area contributed by atoms with E-state index in [1.54, 1.807) is 4.90 Å². The van der Waals surface area contributed by atoms with Crippen LogP contribution in [0, 0.1) is 16.7 Å². The van der Waals surface area contributed by atoms with Crippen LogP contribution in [0.2, 0.25) is 0 Å². The molecule has 0 unspecified atom stereocenters. The summed E-state index contributed by atoms with van der Waals surface area (Å²) in [5.74, 6) is 0.977. The first-order valence-electron chi connectivity index (χ1n) is 9.67. The maximum atomic E-state index is 6.32. The van der Waals surface area contributed by atoms with Gasteiger partial charge in [0.2, 0.25) is 0 Å². The maximum Gasteiger partial charge on any atom is 0.159 e. The SMILES string of the molecule is CC1(C)C[C@@H]2CC[C@]1(C[C@@H]1OC[C@H](C[NH+]3CCCCC3)O1)C2. The van der Waals surface area contributed by atoms with E-state index in [2.05, 4.69) is 13.8 Å². The average molecular weight is 308 g/mol. The number of fused-ring (bicyclic) bond motifs is 2. The summed E-state index contributed by atoms with van der Waals surface area (Å²) in [5.41, 5.74) is 0.980. The molecule has 126 valence electrons. The van der Waals surface area contributed by atoms with Gasteiger partial charge in [0.15, 0.2) is 6.29 Å². The first-order chi connectivity index (χ1) is 10.6. The first kappa shape index (κ1) is 15.4. The van der Waals surface area contributed by atoms with Crippen LogP contribution in [0.3, 0.4) is 0 Å². The van der Waals surface area contributed by atoms with Crippen LogP contribution in [0.5, 0.6) is 0 Å². The maximum absolute atomic E-state index is 6.32. The highest BCUT2D eigenvalue weighted by molar-refractivity contribution is 5.06. The van der Waals surface area contributed by atoms with Gasteiger partial charge < -0.3 is 14.4 Å². The van der Waals surface area contributed by atoms with Gasteiger partial charge in [0.25, 0.3) is 0 Å². The Morgan fingerprint density at radius 3 is 2.59 bits per heavy atom. The third-order valence-electron chi connectivity index (χ3n) is 7.39. The minimum absolute atomic E-state index is 0.0744. The van der Waals surface area contributed by atoms with Gasteiger partial charge in [-0.1, -0.05) is 13.8 Å². The van der Waals surface area contributed by atoms with Gasteiger partial charge in [-0.2, -0.15) is 0 Å². The number of likely N-dealkylation sites (tertiary alicyclic amines) is 1. The van der Waals surface area contributed by atoms with Gasteiger partial charge in [-0.3, -0.25) is 0 Å². The van der Waals surface area contributed by atoms with Crippen molar-refractivity contribution in [3.8, 4) is 0 Å². The Kier molecular flexibility index (Phi) is 4.03. The van der Waals surface area contributed by atoms with E-state index >= 15 is 0 Å². The number of hydrogen-bond donors (Lipinski definition) is 1. The van der Waals surface area contributed by atoms with Crippen molar-refractivity contribution in [1.82, 2.24) is 0 Å². The largest absolute Gasteiger partial charge is 0.350 e. The van der Waals surface area contributed by atoms with Crippen LogP contribution >= 0.6 is 0 Å². The molecule has 0 aromatic carbocycles. The van der Waals surface area contributed by atoms with Gasteiger partial charge in [0, 0.05) is 6.42 Å². The Bertz CT molecular complexity index is 404. The van der Waals surface area contributed by atoms with Crippen molar-refractivity contribution in [3.63, 3.8) is 0 Å².